The van der Waals surface area contributed by atoms with E-state index in [4.69, 9.17) is 19.2 Å². The molecule has 176 valence electrons. The maximum Gasteiger partial charge on any atom is 0.255 e. The first-order chi connectivity index (χ1) is 17.2. The molecule has 2 aliphatic rings. The van der Waals surface area contributed by atoms with Gasteiger partial charge in [0.1, 0.15) is 5.75 Å². The van der Waals surface area contributed by atoms with Crippen molar-refractivity contribution in [3.05, 3.63) is 77.5 Å². The van der Waals surface area contributed by atoms with Crippen molar-refractivity contribution in [2.75, 3.05) is 24.5 Å². The normalized spacial score (nSPS) is 13.9. The monoisotopic (exact) mass is 467 g/mol. The predicted molar refractivity (Wildman–Crippen MR) is 135 cm³/mol. The summed E-state index contributed by atoms with van der Waals surface area (Å²) in [6.45, 7) is 0.171. The van der Waals surface area contributed by atoms with Gasteiger partial charge in [-0.2, -0.15) is 0 Å². The molecule has 7 nitrogen and oxygen atoms in total. The van der Waals surface area contributed by atoms with E-state index in [0.29, 0.717) is 22.7 Å². The van der Waals surface area contributed by atoms with Gasteiger partial charge in [-0.3, -0.25) is 9.78 Å². The quantitative estimate of drug-likeness (QED) is 0.383. The summed E-state index contributed by atoms with van der Waals surface area (Å²) in [4.78, 5) is 18.0. The summed E-state index contributed by atoms with van der Waals surface area (Å²) < 4.78 is 16.3. The Labute approximate surface area is 203 Å². The fourth-order valence-corrected chi connectivity index (χ4v) is 4.77. The highest BCUT2D eigenvalue weighted by molar-refractivity contribution is 6.06. The van der Waals surface area contributed by atoms with E-state index in [9.17, 15) is 4.79 Å². The van der Waals surface area contributed by atoms with Gasteiger partial charge >= 0.3 is 0 Å². The number of fused-ring (bicyclic) bond motifs is 3. The van der Waals surface area contributed by atoms with Crippen molar-refractivity contribution in [2.45, 2.75) is 25.7 Å². The van der Waals surface area contributed by atoms with Crippen LogP contribution >= 0.6 is 0 Å². The minimum Gasteiger partial charge on any atom is -0.495 e. The summed E-state index contributed by atoms with van der Waals surface area (Å²) in [5, 5.41) is 7.60. The zero-order valence-electron chi connectivity index (χ0n) is 19.4. The first-order valence-electron chi connectivity index (χ1n) is 11.8. The van der Waals surface area contributed by atoms with Gasteiger partial charge in [0.05, 0.1) is 24.0 Å². The number of benzene rings is 3. The summed E-state index contributed by atoms with van der Waals surface area (Å²) in [6, 6.07) is 18.9. The SMILES string of the molecule is COc1ccccc1Nc1c2c(nc3ccc(NC(=O)c4ccc5c(c4)OCO5)cc13)CCCC2. The van der Waals surface area contributed by atoms with Crippen molar-refractivity contribution in [3.8, 4) is 17.2 Å². The first-order valence-corrected chi connectivity index (χ1v) is 11.8. The molecular weight excluding hydrogens is 442 g/mol. The standard InChI is InChI=1S/C28H25N3O4/c1-33-24-9-5-4-8-23(24)31-27-19-6-2-3-7-21(19)30-22-12-11-18(15-20(22)27)29-28(32)17-10-13-25-26(14-17)35-16-34-25/h4-5,8-15H,2-3,6-7,16H2,1H3,(H,29,32)(H,30,31). The van der Waals surface area contributed by atoms with Crippen molar-refractivity contribution in [1.82, 2.24) is 4.98 Å². The Morgan fingerprint density at radius 1 is 0.971 bits per heavy atom. The van der Waals surface area contributed by atoms with Crippen LogP contribution in [0.4, 0.5) is 17.1 Å². The summed E-state index contributed by atoms with van der Waals surface area (Å²) >= 11 is 0. The molecule has 0 unspecified atom stereocenters. The van der Waals surface area contributed by atoms with E-state index >= 15 is 0 Å². The molecule has 0 spiro atoms. The maximum absolute atomic E-state index is 13.0. The van der Waals surface area contributed by atoms with E-state index in [1.165, 1.54) is 5.56 Å². The van der Waals surface area contributed by atoms with Crippen molar-refractivity contribution in [1.29, 1.82) is 0 Å². The number of aryl methyl sites for hydroxylation is 1. The number of hydrogen-bond acceptors (Lipinski definition) is 6. The van der Waals surface area contributed by atoms with Gasteiger partial charge in [-0.25, -0.2) is 0 Å². The zero-order chi connectivity index (χ0) is 23.8. The minimum absolute atomic E-state index is 0.171. The summed E-state index contributed by atoms with van der Waals surface area (Å²) in [6.07, 6.45) is 4.20. The molecular formula is C28H25N3O4. The fourth-order valence-electron chi connectivity index (χ4n) is 4.77. The number of carbonyl (C=O) groups is 1. The number of aromatic nitrogens is 1. The summed E-state index contributed by atoms with van der Waals surface area (Å²) in [5.74, 6) is 1.78. The molecule has 3 aromatic carbocycles. The predicted octanol–water partition coefficient (Wildman–Crippen LogP) is 5.85. The minimum atomic E-state index is -0.215. The lowest BCUT2D eigenvalue weighted by atomic mass is 9.92. The number of para-hydroxylation sites is 2. The molecule has 1 aromatic heterocycles. The highest BCUT2D eigenvalue weighted by Crippen LogP contribution is 2.38. The van der Waals surface area contributed by atoms with Crippen LogP contribution in [-0.4, -0.2) is 24.8 Å². The lowest BCUT2D eigenvalue weighted by Gasteiger charge is -2.23. The Hall–Kier alpha value is -4.26. The van der Waals surface area contributed by atoms with Gasteiger partial charge in [-0.15, -0.1) is 0 Å². The second-order valence-electron chi connectivity index (χ2n) is 8.70. The van der Waals surface area contributed by atoms with Crippen LogP contribution in [0.25, 0.3) is 10.9 Å². The molecule has 0 fully saturated rings. The Morgan fingerprint density at radius 3 is 2.74 bits per heavy atom. The third kappa shape index (κ3) is 3.99. The number of rotatable bonds is 5. The molecule has 0 atom stereocenters. The van der Waals surface area contributed by atoms with Gasteiger partial charge in [0.2, 0.25) is 6.79 Å². The van der Waals surface area contributed by atoms with Gasteiger partial charge < -0.3 is 24.8 Å². The molecule has 1 amide bonds. The average Bonchev–Trinajstić information content (AvgIpc) is 3.37. The molecule has 0 radical (unpaired) electrons. The third-order valence-electron chi connectivity index (χ3n) is 6.52. The molecule has 0 saturated heterocycles. The van der Waals surface area contributed by atoms with Gasteiger partial charge in [0.25, 0.3) is 5.91 Å². The number of hydrogen-bond donors (Lipinski definition) is 2. The number of pyridine rings is 1. The first kappa shape index (κ1) is 21.3. The highest BCUT2D eigenvalue weighted by atomic mass is 16.7. The van der Waals surface area contributed by atoms with E-state index < -0.39 is 0 Å². The lowest BCUT2D eigenvalue weighted by Crippen LogP contribution is -2.13. The number of nitrogens with one attached hydrogen (secondary N) is 2. The molecule has 35 heavy (non-hydrogen) atoms. The third-order valence-corrected chi connectivity index (χ3v) is 6.52. The van der Waals surface area contributed by atoms with Crippen LogP contribution in [0.15, 0.2) is 60.7 Å². The number of anilines is 3. The Morgan fingerprint density at radius 2 is 1.83 bits per heavy atom. The van der Waals surface area contributed by atoms with E-state index in [1.54, 1.807) is 25.3 Å². The van der Waals surface area contributed by atoms with Crippen LogP contribution in [0.3, 0.4) is 0 Å². The largest absolute Gasteiger partial charge is 0.495 e. The zero-order valence-corrected chi connectivity index (χ0v) is 19.4. The van der Waals surface area contributed by atoms with Crippen LogP contribution in [0.2, 0.25) is 0 Å². The smallest absolute Gasteiger partial charge is 0.255 e. The van der Waals surface area contributed by atoms with Gasteiger partial charge in [-0.1, -0.05) is 12.1 Å². The fraction of sp³-hybridized carbons (Fsp3) is 0.214. The molecule has 2 heterocycles. The molecule has 1 aliphatic carbocycles. The van der Waals surface area contributed by atoms with Crippen LogP contribution in [0.5, 0.6) is 17.2 Å². The molecule has 7 heteroatoms. The van der Waals surface area contributed by atoms with E-state index in [2.05, 4.69) is 10.6 Å². The Balaban J connectivity index is 1.39. The van der Waals surface area contributed by atoms with Crippen LogP contribution < -0.4 is 24.8 Å². The molecule has 0 bridgehead atoms. The number of ether oxygens (including phenoxy) is 3. The Bertz CT molecular complexity index is 1450. The van der Waals surface area contributed by atoms with Crippen LogP contribution in [0, 0.1) is 0 Å². The molecule has 6 rings (SSSR count). The van der Waals surface area contributed by atoms with Crippen molar-refractivity contribution in [2.24, 2.45) is 0 Å². The second-order valence-corrected chi connectivity index (χ2v) is 8.70. The van der Waals surface area contributed by atoms with Crippen LogP contribution in [0.1, 0.15) is 34.5 Å². The molecule has 4 aromatic rings. The summed E-state index contributed by atoms with van der Waals surface area (Å²) in [7, 11) is 1.67. The van der Waals surface area contributed by atoms with E-state index in [0.717, 1.165) is 59.4 Å². The van der Waals surface area contributed by atoms with Crippen LogP contribution in [-0.2, 0) is 12.8 Å². The number of methoxy groups -OCH3 is 1. The maximum atomic E-state index is 13.0. The van der Waals surface area contributed by atoms with Gasteiger partial charge in [0.15, 0.2) is 11.5 Å². The van der Waals surface area contributed by atoms with Gasteiger partial charge in [-0.05, 0) is 79.8 Å². The van der Waals surface area contributed by atoms with Gasteiger partial charge in [0, 0.05) is 22.3 Å². The highest BCUT2D eigenvalue weighted by Gasteiger charge is 2.21. The van der Waals surface area contributed by atoms with E-state index in [1.807, 2.05) is 42.5 Å². The number of nitrogens with zero attached hydrogens (tertiary/aromatic N) is 1. The lowest BCUT2D eigenvalue weighted by molar-refractivity contribution is 0.102. The van der Waals surface area contributed by atoms with E-state index in [-0.39, 0.29) is 12.7 Å². The Kier molecular flexibility index (Phi) is 5.37. The molecule has 2 N–H and O–H groups in total. The molecule has 1 aliphatic heterocycles. The van der Waals surface area contributed by atoms with Crippen molar-refractivity contribution < 1.29 is 19.0 Å². The van der Waals surface area contributed by atoms with Crippen molar-refractivity contribution >= 4 is 33.9 Å². The average molecular weight is 468 g/mol. The molecule has 0 saturated carbocycles. The van der Waals surface area contributed by atoms with Crippen molar-refractivity contribution in [3.63, 3.8) is 0 Å². The summed E-state index contributed by atoms with van der Waals surface area (Å²) in [5.41, 5.74) is 6.38. The number of amides is 1. The number of carbonyl (C=O) groups excluding carboxylic acids is 1. The second kappa shape index (κ2) is 8.83. The topological polar surface area (TPSA) is 81.7 Å².